The number of carbonyl (C=O) groups is 1. The van der Waals surface area contributed by atoms with Crippen LogP contribution in [0.15, 0.2) is 53.5 Å². The number of aryl methyl sites for hydroxylation is 1. The molecule has 2 aliphatic heterocycles. The average Bonchev–Trinajstić information content (AvgIpc) is 3.35. The first-order valence-corrected chi connectivity index (χ1v) is 13.2. The van der Waals surface area contributed by atoms with Crippen molar-refractivity contribution in [3.05, 3.63) is 86.9 Å². The fourth-order valence-electron chi connectivity index (χ4n) is 6.03. The Kier molecular flexibility index (Phi) is 7.19. The molecule has 4 heterocycles. The fraction of sp³-hybridized carbons (Fsp3) is 0.429. The molecule has 3 aromatic rings. The SMILES string of the molecule is C[C@@H]1CN(C(=O)[C@@H]2CN(c3ccc(=O)n(C)n3)C[C@H]2c2ccc(Cl)cn2)C[C@H](C)[C@@]1(O)c1ccc(F)c(F)c1. The van der Waals surface area contributed by atoms with Gasteiger partial charge in [-0.05, 0) is 35.9 Å². The summed E-state index contributed by atoms with van der Waals surface area (Å²) in [5, 5.41) is 16.5. The van der Waals surface area contributed by atoms with Crippen molar-refractivity contribution in [3.8, 4) is 0 Å². The maximum absolute atomic E-state index is 14.1. The molecule has 1 aromatic carbocycles. The summed E-state index contributed by atoms with van der Waals surface area (Å²) in [5.74, 6) is -3.10. The van der Waals surface area contributed by atoms with Gasteiger partial charge in [-0.25, -0.2) is 13.5 Å². The first kappa shape index (κ1) is 27.2. The molecule has 2 saturated heterocycles. The molecule has 206 valence electrons. The molecule has 2 aliphatic rings. The Morgan fingerprint density at radius 3 is 2.36 bits per heavy atom. The van der Waals surface area contributed by atoms with Crippen molar-refractivity contribution in [3.63, 3.8) is 0 Å². The number of carbonyl (C=O) groups excluding carboxylic acids is 1. The second-order valence-electron chi connectivity index (χ2n) is 10.7. The van der Waals surface area contributed by atoms with Crippen LogP contribution in [0.5, 0.6) is 0 Å². The van der Waals surface area contributed by atoms with Crippen molar-refractivity contribution in [1.82, 2.24) is 19.7 Å². The summed E-state index contributed by atoms with van der Waals surface area (Å²) in [7, 11) is 1.58. The summed E-state index contributed by atoms with van der Waals surface area (Å²) in [4.78, 5) is 34.1. The molecular weight excluding hydrogens is 528 g/mol. The minimum Gasteiger partial charge on any atom is -0.384 e. The fourth-order valence-corrected chi connectivity index (χ4v) is 6.15. The second kappa shape index (κ2) is 10.3. The van der Waals surface area contributed by atoms with E-state index in [-0.39, 0.29) is 30.5 Å². The number of aromatic nitrogens is 3. The summed E-state index contributed by atoms with van der Waals surface area (Å²) in [6, 6.07) is 10.1. The van der Waals surface area contributed by atoms with Crippen LogP contribution in [0.3, 0.4) is 0 Å². The standard InChI is InChI=1S/C28H30ClF2N5O3/c1-16-12-36(13-17(2)28(16,39)18-4-6-22(30)23(31)10-18)27(38)21-15-35(25-8-9-26(37)34(3)33-25)14-20(21)24-7-5-19(29)11-32-24/h4-11,16-17,20-21,39H,12-15H2,1-3H3/t16-,17+,20-,21-,28-/m1/s1. The lowest BCUT2D eigenvalue weighted by molar-refractivity contribution is -0.152. The summed E-state index contributed by atoms with van der Waals surface area (Å²) in [6.45, 7) is 4.94. The number of benzene rings is 1. The molecule has 0 unspecified atom stereocenters. The Hall–Kier alpha value is -3.37. The van der Waals surface area contributed by atoms with Crippen molar-refractivity contribution >= 4 is 23.3 Å². The lowest BCUT2D eigenvalue weighted by Crippen LogP contribution is -2.57. The number of pyridine rings is 1. The van der Waals surface area contributed by atoms with E-state index in [1.807, 2.05) is 24.8 Å². The number of aliphatic hydroxyl groups is 1. The van der Waals surface area contributed by atoms with Crippen molar-refractivity contribution in [2.24, 2.45) is 24.8 Å². The Bertz CT molecular complexity index is 1440. The van der Waals surface area contributed by atoms with E-state index < -0.39 is 35.0 Å². The Morgan fingerprint density at radius 2 is 1.74 bits per heavy atom. The molecule has 39 heavy (non-hydrogen) atoms. The van der Waals surface area contributed by atoms with Gasteiger partial charge in [0.1, 0.15) is 5.82 Å². The van der Waals surface area contributed by atoms with Gasteiger partial charge in [-0.3, -0.25) is 14.6 Å². The molecular formula is C28H30ClF2N5O3. The third kappa shape index (κ3) is 4.91. The topological polar surface area (TPSA) is 91.6 Å². The molecule has 2 fully saturated rings. The maximum Gasteiger partial charge on any atom is 0.266 e. The van der Waals surface area contributed by atoms with E-state index in [1.165, 1.54) is 16.8 Å². The van der Waals surface area contributed by atoms with Gasteiger partial charge in [0.25, 0.3) is 5.56 Å². The molecule has 0 aliphatic carbocycles. The van der Waals surface area contributed by atoms with Gasteiger partial charge in [0.15, 0.2) is 11.6 Å². The monoisotopic (exact) mass is 557 g/mol. The van der Waals surface area contributed by atoms with Gasteiger partial charge >= 0.3 is 0 Å². The predicted octanol–water partition coefficient (Wildman–Crippen LogP) is 3.33. The number of anilines is 1. The number of rotatable bonds is 4. The molecule has 0 saturated carbocycles. The number of likely N-dealkylation sites (tertiary alicyclic amines) is 1. The van der Waals surface area contributed by atoms with Crippen LogP contribution in [0, 0.1) is 29.4 Å². The summed E-state index contributed by atoms with van der Waals surface area (Å²) >= 11 is 6.07. The van der Waals surface area contributed by atoms with Gasteiger partial charge in [0.2, 0.25) is 5.91 Å². The quantitative estimate of drug-likeness (QED) is 0.529. The zero-order valence-electron chi connectivity index (χ0n) is 21.9. The number of halogens is 3. The van der Waals surface area contributed by atoms with E-state index in [1.54, 1.807) is 30.3 Å². The van der Waals surface area contributed by atoms with Crippen LogP contribution in [-0.4, -0.2) is 56.9 Å². The Morgan fingerprint density at radius 1 is 1.03 bits per heavy atom. The average molecular weight is 558 g/mol. The normalized spacial score (nSPS) is 27.2. The summed E-state index contributed by atoms with van der Waals surface area (Å²) in [5.41, 5.74) is -0.638. The van der Waals surface area contributed by atoms with Gasteiger partial charge in [-0.1, -0.05) is 31.5 Å². The van der Waals surface area contributed by atoms with E-state index in [2.05, 4.69) is 10.1 Å². The first-order chi connectivity index (χ1) is 18.5. The van der Waals surface area contributed by atoms with Gasteiger partial charge in [-0.2, -0.15) is 5.10 Å². The van der Waals surface area contributed by atoms with E-state index in [0.717, 1.165) is 17.8 Å². The molecule has 5 rings (SSSR count). The highest BCUT2D eigenvalue weighted by atomic mass is 35.5. The van der Waals surface area contributed by atoms with Gasteiger partial charge in [0, 0.05) is 68.9 Å². The van der Waals surface area contributed by atoms with Crippen LogP contribution >= 0.6 is 11.6 Å². The molecule has 0 radical (unpaired) electrons. The number of piperidine rings is 1. The Labute approximate surface area is 229 Å². The number of hydrogen-bond acceptors (Lipinski definition) is 6. The molecule has 5 atom stereocenters. The highest BCUT2D eigenvalue weighted by Crippen LogP contribution is 2.43. The van der Waals surface area contributed by atoms with E-state index in [4.69, 9.17) is 11.6 Å². The highest BCUT2D eigenvalue weighted by molar-refractivity contribution is 6.30. The molecule has 1 amide bonds. The van der Waals surface area contributed by atoms with Crippen molar-refractivity contribution in [1.29, 1.82) is 0 Å². The molecule has 2 aromatic heterocycles. The van der Waals surface area contributed by atoms with Crippen LogP contribution in [0.4, 0.5) is 14.6 Å². The molecule has 0 spiro atoms. The molecule has 1 N–H and O–H groups in total. The number of nitrogens with zero attached hydrogens (tertiary/aromatic N) is 5. The molecule has 11 heteroatoms. The summed E-state index contributed by atoms with van der Waals surface area (Å²) in [6.07, 6.45) is 1.55. The largest absolute Gasteiger partial charge is 0.384 e. The smallest absolute Gasteiger partial charge is 0.266 e. The first-order valence-electron chi connectivity index (χ1n) is 12.9. The number of hydrogen-bond donors (Lipinski definition) is 1. The van der Waals surface area contributed by atoms with Crippen LogP contribution in [-0.2, 0) is 17.4 Å². The minimum absolute atomic E-state index is 0.0879. The summed E-state index contributed by atoms with van der Waals surface area (Å²) < 4.78 is 28.9. The lowest BCUT2D eigenvalue weighted by atomic mass is 9.70. The van der Waals surface area contributed by atoms with Crippen LogP contribution in [0.25, 0.3) is 0 Å². The van der Waals surface area contributed by atoms with Gasteiger partial charge in [0.05, 0.1) is 16.5 Å². The predicted molar refractivity (Wildman–Crippen MR) is 142 cm³/mol. The highest BCUT2D eigenvalue weighted by Gasteiger charge is 2.49. The van der Waals surface area contributed by atoms with Crippen molar-refractivity contribution in [2.45, 2.75) is 25.4 Å². The zero-order valence-corrected chi connectivity index (χ0v) is 22.6. The lowest BCUT2D eigenvalue weighted by Gasteiger charge is -2.48. The molecule has 8 nitrogen and oxygen atoms in total. The van der Waals surface area contributed by atoms with E-state index in [9.17, 15) is 23.5 Å². The van der Waals surface area contributed by atoms with Gasteiger partial charge in [-0.15, -0.1) is 0 Å². The van der Waals surface area contributed by atoms with E-state index in [0.29, 0.717) is 29.5 Å². The van der Waals surface area contributed by atoms with Gasteiger partial charge < -0.3 is 14.9 Å². The van der Waals surface area contributed by atoms with Crippen LogP contribution in [0.1, 0.15) is 31.0 Å². The number of amides is 1. The van der Waals surface area contributed by atoms with Crippen LogP contribution < -0.4 is 10.5 Å². The third-order valence-electron chi connectivity index (χ3n) is 8.22. The minimum atomic E-state index is -1.43. The van der Waals surface area contributed by atoms with E-state index >= 15 is 0 Å². The zero-order chi connectivity index (χ0) is 28.1. The second-order valence-corrected chi connectivity index (χ2v) is 11.1. The van der Waals surface area contributed by atoms with Crippen LogP contribution in [0.2, 0.25) is 5.02 Å². The molecule has 0 bridgehead atoms. The Balaban J connectivity index is 1.42. The third-order valence-corrected chi connectivity index (χ3v) is 8.45. The van der Waals surface area contributed by atoms with Crippen molar-refractivity contribution < 1.29 is 18.7 Å². The maximum atomic E-state index is 14.1. The van der Waals surface area contributed by atoms with Crippen molar-refractivity contribution in [2.75, 3.05) is 31.1 Å².